The highest BCUT2D eigenvalue weighted by Gasteiger charge is 2.19. The summed E-state index contributed by atoms with van der Waals surface area (Å²) in [6, 6.07) is -8.43. The summed E-state index contributed by atoms with van der Waals surface area (Å²) in [5, 5.41) is -1.65. The number of benzene rings is 9. The summed E-state index contributed by atoms with van der Waals surface area (Å²) >= 11 is 0. The minimum atomic E-state index is -0.816. The molecule has 1 heterocycles. The van der Waals surface area contributed by atoms with E-state index in [1.54, 1.807) is 24.3 Å². The van der Waals surface area contributed by atoms with Crippen molar-refractivity contribution >= 4 is 54.3 Å². The van der Waals surface area contributed by atoms with Crippen LogP contribution in [0.15, 0.2) is 186 Å². The van der Waals surface area contributed by atoms with Crippen LogP contribution in [-0.4, -0.2) is 0 Å². The van der Waals surface area contributed by atoms with Crippen LogP contribution >= 0.6 is 0 Å². The van der Waals surface area contributed by atoms with Gasteiger partial charge in [0, 0.05) is 10.8 Å². The third kappa shape index (κ3) is 4.40. The first-order chi connectivity index (χ1) is 34.3. The molecule has 0 aliphatic rings. The number of rotatable bonds is 4. The van der Waals surface area contributed by atoms with E-state index < -0.39 is 189 Å². The number of hydrogen-bond acceptors (Lipinski definition) is 1. The summed E-state index contributed by atoms with van der Waals surface area (Å²) < 4.78 is 219. The van der Waals surface area contributed by atoms with Gasteiger partial charge in [-0.1, -0.05) is 157 Å². The quantitative estimate of drug-likeness (QED) is 0.173. The molecule has 0 bridgehead atoms. The largest absolute Gasteiger partial charge is 0.456 e. The second-order valence-corrected chi connectivity index (χ2v) is 11.0. The van der Waals surface area contributed by atoms with E-state index in [9.17, 15) is 9.60 Å². The third-order valence-corrected chi connectivity index (χ3v) is 8.35. The van der Waals surface area contributed by atoms with Gasteiger partial charge >= 0.3 is 0 Å². The lowest BCUT2D eigenvalue weighted by Gasteiger charge is -2.19. The van der Waals surface area contributed by atoms with Crippen LogP contribution in [0.5, 0.6) is 0 Å². The molecule has 0 N–H and O–H groups in total. The average Bonchev–Trinajstić information content (AvgIpc) is 3.79. The fraction of sp³-hybridized carbons (Fsp3) is 0. The Hall–Kier alpha value is -6.44. The highest BCUT2D eigenvalue weighted by Crippen LogP contribution is 2.46. The Kier molecular flexibility index (Phi) is 2.91. The molecule has 0 unspecified atom stereocenters. The molecule has 1 heteroatoms. The van der Waals surface area contributed by atoms with Crippen LogP contribution in [0, 0.1) is 0 Å². The first-order valence-corrected chi connectivity index (χ1v) is 14.9. The molecular formula is C48H30O. The van der Waals surface area contributed by atoms with Gasteiger partial charge in [-0.05, 0) is 101 Å². The summed E-state index contributed by atoms with van der Waals surface area (Å²) in [5.74, 6) is 0. The maximum absolute atomic E-state index is 9.56. The first-order valence-electron chi connectivity index (χ1n) is 26.9. The van der Waals surface area contributed by atoms with E-state index in [4.69, 9.17) is 27.7 Å². The zero-order valence-electron chi connectivity index (χ0n) is 48.9. The highest BCUT2D eigenvalue weighted by molar-refractivity contribution is 6.24. The zero-order chi connectivity index (χ0) is 53.2. The van der Waals surface area contributed by atoms with Crippen molar-refractivity contribution in [3.8, 4) is 44.5 Å². The molecule has 1 nitrogen and oxygen atoms in total. The van der Waals surface area contributed by atoms with Crippen LogP contribution in [-0.2, 0) is 0 Å². The molecule has 10 aromatic rings. The molecule has 0 spiro atoms. The van der Waals surface area contributed by atoms with Gasteiger partial charge < -0.3 is 4.42 Å². The highest BCUT2D eigenvalue weighted by atomic mass is 16.3. The minimum absolute atomic E-state index is 0.0897. The van der Waals surface area contributed by atoms with Crippen molar-refractivity contribution in [2.45, 2.75) is 0 Å². The fourth-order valence-electron chi connectivity index (χ4n) is 6.27. The van der Waals surface area contributed by atoms with Crippen LogP contribution in [0.25, 0.3) is 98.8 Å². The molecule has 228 valence electrons. The van der Waals surface area contributed by atoms with Crippen molar-refractivity contribution in [3.05, 3.63) is 181 Å². The molecule has 0 fully saturated rings. The number of furan rings is 1. The first kappa shape index (κ1) is 12.9. The molecule has 0 aliphatic heterocycles. The molecule has 0 amide bonds. The second kappa shape index (κ2) is 11.1. The SMILES string of the molecule is [2H]c1c([2H])c([2H])c(-c2c([2H])c([2H])c3c(oc4c([2H])c(-c5ccc(-c6c7c([2H])c([2H])c([2H])c([2H])c7c(-c7c([2H])c([2H])c([2H])c([2H])c7[2H])c7c([2H])c([2H])c([2H])c([2H])c67)c6ccccc56)c([2H])c([2H])c43)c2[2H])c([2H])c1[2H]. The van der Waals surface area contributed by atoms with Gasteiger partial charge in [-0.15, -0.1) is 0 Å². The van der Waals surface area contributed by atoms with E-state index in [-0.39, 0.29) is 54.6 Å². The Morgan fingerprint density at radius 2 is 0.796 bits per heavy atom. The van der Waals surface area contributed by atoms with E-state index in [1.165, 1.54) is 12.1 Å². The fourth-order valence-corrected chi connectivity index (χ4v) is 6.27. The molecule has 0 atom stereocenters. The van der Waals surface area contributed by atoms with E-state index in [1.807, 2.05) is 0 Å². The minimum Gasteiger partial charge on any atom is -0.456 e. The molecule has 0 radical (unpaired) electrons. The Balaban J connectivity index is 1.33. The topological polar surface area (TPSA) is 13.1 Å². The maximum Gasteiger partial charge on any atom is 0.136 e. The van der Waals surface area contributed by atoms with Crippen molar-refractivity contribution < 1.29 is 37.3 Å². The van der Waals surface area contributed by atoms with Crippen LogP contribution < -0.4 is 0 Å². The lowest BCUT2D eigenvalue weighted by Crippen LogP contribution is -1.92. The predicted octanol–water partition coefficient (Wildman–Crippen LogP) is 13.7. The standard InChI is InChI=1S/C48H30O/c1-3-13-31(14-4-1)33-23-25-38-39-26-24-34(30-46(39)49-45(38)29-33)35-27-28-44(37-18-8-7-17-36(35)37)48-42-21-11-9-19-40(42)47(32-15-5-2-6-16-32)41-20-10-12-22-43(41)48/h1-30H/i1D,2D,3D,4D,5D,6D,9D,10D,11D,12D,13D,14D,15D,16D,19D,20D,21D,22D,23D,24D,25D,26D,29D,30D. The summed E-state index contributed by atoms with van der Waals surface area (Å²) in [5.41, 5.74) is -3.17. The van der Waals surface area contributed by atoms with E-state index in [2.05, 4.69) is 0 Å². The average molecular weight is 647 g/mol. The van der Waals surface area contributed by atoms with Crippen LogP contribution in [0.3, 0.4) is 0 Å². The molecule has 49 heavy (non-hydrogen) atoms. The molecule has 10 rings (SSSR count). The summed E-state index contributed by atoms with van der Waals surface area (Å²) in [7, 11) is 0. The van der Waals surface area contributed by atoms with Gasteiger partial charge in [0.2, 0.25) is 0 Å². The van der Waals surface area contributed by atoms with Gasteiger partial charge in [-0.25, -0.2) is 0 Å². The summed E-state index contributed by atoms with van der Waals surface area (Å²) in [6.45, 7) is 0. The molecule has 1 aromatic heterocycles. The molecule has 0 aliphatic carbocycles. The van der Waals surface area contributed by atoms with Crippen LogP contribution in [0.2, 0.25) is 0 Å². The van der Waals surface area contributed by atoms with Crippen molar-refractivity contribution in [2.24, 2.45) is 0 Å². The molecular weight excluding hydrogens is 593 g/mol. The molecule has 0 saturated heterocycles. The van der Waals surface area contributed by atoms with Crippen molar-refractivity contribution in [2.75, 3.05) is 0 Å². The monoisotopic (exact) mass is 646 g/mol. The zero-order valence-corrected chi connectivity index (χ0v) is 24.9. The van der Waals surface area contributed by atoms with Gasteiger partial charge in [-0.3, -0.25) is 0 Å². The normalized spacial score (nSPS) is 18.5. The van der Waals surface area contributed by atoms with Gasteiger partial charge in [0.05, 0.1) is 32.9 Å². The summed E-state index contributed by atoms with van der Waals surface area (Å²) in [4.78, 5) is 0. The lowest BCUT2D eigenvalue weighted by atomic mass is 9.84. The lowest BCUT2D eigenvalue weighted by molar-refractivity contribution is 0.669. The number of hydrogen-bond donors (Lipinski definition) is 0. The van der Waals surface area contributed by atoms with E-state index in [0.29, 0.717) is 0 Å². The van der Waals surface area contributed by atoms with Crippen molar-refractivity contribution in [3.63, 3.8) is 0 Å². The van der Waals surface area contributed by atoms with Gasteiger partial charge in [-0.2, -0.15) is 0 Å². The maximum atomic E-state index is 9.56. The molecule has 0 saturated carbocycles. The Bertz CT molecular complexity index is 4120. The Morgan fingerprint density at radius 3 is 1.41 bits per heavy atom. The van der Waals surface area contributed by atoms with Crippen LogP contribution in [0.1, 0.15) is 32.9 Å². The third-order valence-electron chi connectivity index (χ3n) is 8.35. The predicted molar refractivity (Wildman–Crippen MR) is 208 cm³/mol. The van der Waals surface area contributed by atoms with Gasteiger partial charge in [0.15, 0.2) is 0 Å². The van der Waals surface area contributed by atoms with E-state index in [0.717, 1.165) is 0 Å². The Labute approximate surface area is 318 Å². The Morgan fingerprint density at radius 1 is 0.327 bits per heavy atom. The van der Waals surface area contributed by atoms with Gasteiger partial charge in [0.25, 0.3) is 0 Å². The van der Waals surface area contributed by atoms with E-state index >= 15 is 0 Å². The summed E-state index contributed by atoms with van der Waals surface area (Å²) in [6.07, 6.45) is 0. The van der Waals surface area contributed by atoms with Crippen molar-refractivity contribution in [1.82, 2.24) is 0 Å². The number of fused-ring (bicyclic) bond motifs is 6. The van der Waals surface area contributed by atoms with Crippen LogP contribution in [0.4, 0.5) is 0 Å². The molecule has 9 aromatic carbocycles. The smallest absolute Gasteiger partial charge is 0.136 e. The van der Waals surface area contributed by atoms with Crippen molar-refractivity contribution in [1.29, 1.82) is 0 Å². The second-order valence-electron chi connectivity index (χ2n) is 11.0. The van der Waals surface area contributed by atoms with Gasteiger partial charge in [0.1, 0.15) is 11.2 Å².